The number of hydrogen-bond acceptors (Lipinski definition) is 3. The molecule has 0 aromatic heterocycles. The first-order valence-corrected chi connectivity index (χ1v) is 8.82. The Morgan fingerprint density at radius 2 is 1.77 bits per heavy atom. The van der Waals surface area contributed by atoms with Crippen molar-refractivity contribution in [3.05, 3.63) is 0 Å². The van der Waals surface area contributed by atoms with Gasteiger partial charge in [-0.1, -0.05) is 19.3 Å². The molecule has 126 valence electrons. The van der Waals surface area contributed by atoms with Crippen molar-refractivity contribution < 1.29 is 9.59 Å². The summed E-state index contributed by atoms with van der Waals surface area (Å²) >= 11 is 0. The normalized spacial score (nSPS) is 25.8. The summed E-state index contributed by atoms with van der Waals surface area (Å²) < 4.78 is 0. The van der Waals surface area contributed by atoms with Crippen LogP contribution in [0.2, 0.25) is 0 Å². The first-order valence-electron chi connectivity index (χ1n) is 8.82. The third-order valence-corrected chi connectivity index (χ3v) is 5.35. The SMILES string of the molecule is CN[C@@H](C)C(=O)N[C@H](C(=O)N1CCC[C@H]1C)C1CCCCC1. The lowest BCUT2D eigenvalue weighted by atomic mass is 9.83. The molecule has 1 aliphatic heterocycles. The molecule has 5 nitrogen and oxygen atoms in total. The highest BCUT2D eigenvalue weighted by Gasteiger charge is 2.37. The number of rotatable bonds is 5. The summed E-state index contributed by atoms with van der Waals surface area (Å²) in [5.74, 6) is 0.355. The van der Waals surface area contributed by atoms with E-state index >= 15 is 0 Å². The van der Waals surface area contributed by atoms with E-state index in [-0.39, 0.29) is 23.9 Å². The lowest BCUT2D eigenvalue weighted by Gasteiger charge is -2.34. The maximum absolute atomic E-state index is 13.0. The molecule has 0 spiro atoms. The number of nitrogens with zero attached hydrogens (tertiary/aromatic N) is 1. The quantitative estimate of drug-likeness (QED) is 0.812. The van der Waals surface area contributed by atoms with Crippen LogP contribution in [-0.2, 0) is 9.59 Å². The van der Waals surface area contributed by atoms with E-state index in [2.05, 4.69) is 17.6 Å². The molecule has 0 radical (unpaired) electrons. The van der Waals surface area contributed by atoms with Crippen LogP contribution in [0.15, 0.2) is 0 Å². The van der Waals surface area contributed by atoms with Crippen LogP contribution in [-0.4, -0.2) is 48.4 Å². The maximum Gasteiger partial charge on any atom is 0.245 e. The number of likely N-dealkylation sites (N-methyl/N-ethyl adjacent to an activating group) is 1. The van der Waals surface area contributed by atoms with Crippen LogP contribution in [0.1, 0.15) is 58.8 Å². The van der Waals surface area contributed by atoms with Gasteiger partial charge in [0, 0.05) is 12.6 Å². The molecule has 1 heterocycles. The summed E-state index contributed by atoms with van der Waals surface area (Å²) in [4.78, 5) is 27.3. The zero-order chi connectivity index (χ0) is 16.1. The van der Waals surface area contributed by atoms with Gasteiger partial charge in [0.2, 0.25) is 11.8 Å². The molecule has 0 aromatic rings. The smallest absolute Gasteiger partial charge is 0.245 e. The van der Waals surface area contributed by atoms with Crippen LogP contribution in [0.3, 0.4) is 0 Å². The number of likely N-dealkylation sites (tertiary alicyclic amines) is 1. The molecule has 2 aliphatic rings. The van der Waals surface area contributed by atoms with Gasteiger partial charge in [0.15, 0.2) is 0 Å². The van der Waals surface area contributed by atoms with Crippen LogP contribution in [0.4, 0.5) is 0 Å². The number of nitrogens with one attached hydrogen (secondary N) is 2. The van der Waals surface area contributed by atoms with Gasteiger partial charge in [-0.25, -0.2) is 0 Å². The number of hydrogen-bond donors (Lipinski definition) is 2. The van der Waals surface area contributed by atoms with E-state index in [1.54, 1.807) is 7.05 Å². The molecule has 1 aliphatic carbocycles. The van der Waals surface area contributed by atoms with E-state index in [4.69, 9.17) is 0 Å². The summed E-state index contributed by atoms with van der Waals surface area (Å²) in [6, 6.07) is -0.309. The molecular weight excluding hydrogens is 278 g/mol. The van der Waals surface area contributed by atoms with Crippen molar-refractivity contribution in [2.24, 2.45) is 5.92 Å². The zero-order valence-corrected chi connectivity index (χ0v) is 14.2. The molecule has 0 unspecified atom stereocenters. The second-order valence-electron chi connectivity index (χ2n) is 6.92. The van der Waals surface area contributed by atoms with E-state index < -0.39 is 0 Å². The number of carbonyl (C=O) groups excluding carboxylic acids is 2. The van der Waals surface area contributed by atoms with E-state index in [0.29, 0.717) is 12.0 Å². The van der Waals surface area contributed by atoms with Gasteiger partial charge in [-0.15, -0.1) is 0 Å². The predicted octanol–water partition coefficient (Wildman–Crippen LogP) is 1.67. The fraction of sp³-hybridized carbons (Fsp3) is 0.882. The third-order valence-electron chi connectivity index (χ3n) is 5.35. The molecule has 3 atom stereocenters. The van der Waals surface area contributed by atoms with Crippen LogP contribution < -0.4 is 10.6 Å². The third kappa shape index (κ3) is 4.00. The van der Waals surface area contributed by atoms with Gasteiger partial charge < -0.3 is 15.5 Å². The Labute approximate surface area is 134 Å². The predicted molar refractivity (Wildman–Crippen MR) is 87.4 cm³/mol. The summed E-state index contributed by atoms with van der Waals surface area (Å²) in [7, 11) is 1.77. The highest BCUT2D eigenvalue weighted by atomic mass is 16.2. The van der Waals surface area contributed by atoms with Crippen molar-refractivity contribution in [1.82, 2.24) is 15.5 Å². The minimum atomic E-state index is -0.343. The van der Waals surface area contributed by atoms with Crippen molar-refractivity contribution in [2.75, 3.05) is 13.6 Å². The van der Waals surface area contributed by atoms with Gasteiger partial charge in [0.1, 0.15) is 6.04 Å². The standard InChI is InChI=1S/C17H31N3O2/c1-12-8-7-11-20(12)17(22)15(14-9-5-4-6-10-14)19-16(21)13(2)18-3/h12-15,18H,4-11H2,1-3H3,(H,19,21)/t12-,13+,15+/m1/s1. The first kappa shape index (κ1) is 17.3. The van der Waals surface area contributed by atoms with Crippen molar-refractivity contribution >= 4 is 11.8 Å². The molecule has 5 heteroatoms. The van der Waals surface area contributed by atoms with Crippen LogP contribution in [0.25, 0.3) is 0 Å². The van der Waals surface area contributed by atoms with Crippen molar-refractivity contribution in [1.29, 1.82) is 0 Å². The topological polar surface area (TPSA) is 61.4 Å². The highest BCUT2D eigenvalue weighted by molar-refractivity contribution is 5.90. The van der Waals surface area contributed by atoms with Gasteiger partial charge in [0.25, 0.3) is 0 Å². The average Bonchev–Trinajstić information content (AvgIpc) is 2.97. The summed E-state index contributed by atoms with van der Waals surface area (Å²) in [6.07, 6.45) is 7.83. The molecule has 0 aromatic carbocycles. The molecule has 2 amide bonds. The van der Waals surface area contributed by atoms with Gasteiger partial charge >= 0.3 is 0 Å². The zero-order valence-electron chi connectivity index (χ0n) is 14.2. The molecule has 1 saturated carbocycles. The monoisotopic (exact) mass is 309 g/mol. The molecular formula is C17H31N3O2. The second-order valence-corrected chi connectivity index (χ2v) is 6.92. The van der Waals surface area contributed by atoms with Crippen molar-refractivity contribution in [2.45, 2.75) is 76.9 Å². The Bertz CT molecular complexity index is 393. The minimum absolute atomic E-state index is 0.0710. The van der Waals surface area contributed by atoms with Crippen LogP contribution in [0, 0.1) is 5.92 Å². The minimum Gasteiger partial charge on any atom is -0.343 e. The highest BCUT2D eigenvalue weighted by Crippen LogP contribution is 2.29. The summed E-state index contributed by atoms with van der Waals surface area (Å²) in [5, 5.41) is 6.00. The summed E-state index contributed by atoms with van der Waals surface area (Å²) in [6.45, 7) is 4.78. The molecule has 0 bridgehead atoms. The Hall–Kier alpha value is -1.10. The van der Waals surface area contributed by atoms with Gasteiger partial charge in [-0.3, -0.25) is 9.59 Å². The fourth-order valence-electron chi connectivity index (χ4n) is 3.70. The molecule has 1 saturated heterocycles. The number of amides is 2. The largest absolute Gasteiger partial charge is 0.343 e. The van der Waals surface area contributed by atoms with Crippen molar-refractivity contribution in [3.63, 3.8) is 0 Å². The van der Waals surface area contributed by atoms with Crippen molar-refractivity contribution in [3.8, 4) is 0 Å². The second kappa shape index (κ2) is 7.95. The average molecular weight is 309 g/mol. The Morgan fingerprint density at radius 1 is 1.09 bits per heavy atom. The maximum atomic E-state index is 13.0. The van der Waals surface area contributed by atoms with E-state index in [1.807, 2.05) is 11.8 Å². The summed E-state index contributed by atoms with van der Waals surface area (Å²) in [5.41, 5.74) is 0. The van der Waals surface area contributed by atoms with Crippen LogP contribution in [0.5, 0.6) is 0 Å². The molecule has 22 heavy (non-hydrogen) atoms. The molecule has 2 rings (SSSR count). The lowest BCUT2D eigenvalue weighted by molar-refractivity contribution is -0.139. The Balaban J connectivity index is 2.09. The Morgan fingerprint density at radius 3 is 2.32 bits per heavy atom. The molecule has 2 N–H and O–H groups in total. The van der Waals surface area contributed by atoms with Gasteiger partial charge in [0.05, 0.1) is 6.04 Å². The van der Waals surface area contributed by atoms with Gasteiger partial charge in [-0.2, -0.15) is 0 Å². The molecule has 2 fully saturated rings. The Kier molecular flexibility index (Phi) is 6.24. The number of carbonyl (C=O) groups is 2. The van der Waals surface area contributed by atoms with E-state index in [0.717, 1.165) is 32.2 Å². The lowest BCUT2D eigenvalue weighted by Crippen LogP contribution is -2.56. The van der Waals surface area contributed by atoms with Gasteiger partial charge in [-0.05, 0) is 52.5 Å². The fourth-order valence-corrected chi connectivity index (χ4v) is 3.70. The van der Waals surface area contributed by atoms with E-state index in [1.165, 1.54) is 19.3 Å². The van der Waals surface area contributed by atoms with Crippen LogP contribution >= 0.6 is 0 Å². The first-order chi connectivity index (χ1) is 10.5. The van der Waals surface area contributed by atoms with E-state index in [9.17, 15) is 9.59 Å².